The van der Waals surface area contributed by atoms with Crippen LogP contribution in [-0.4, -0.2) is 87.3 Å². The van der Waals surface area contributed by atoms with Crippen LogP contribution >= 0.6 is 0 Å². The van der Waals surface area contributed by atoms with Gasteiger partial charge in [-0.2, -0.15) is 0 Å². The summed E-state index contributed by atoms with van der Waals surface area (Å²) in [4.78, 5) is 23.1. The highest BCUT2D eigenvalue weighted by molar-refractivity contribution is 5.84. The van der Waals surface area contributed by atoms with Crippen LogP contribution in [0.2, 0.25) is 0 Å². The van der Waals surface area contributed by atoms with Gasteiger partial charge in [0, 0.05) is 0 Å². The van der Waals surface area contributed by atoms with Crippen molar-refractivity contribution in [3.05, 3.63) is 0 Å². The third-order valence-corrected chi connectivity index (χ3v) is 10.1. The Morgan fingerprint density at radius 1 is 0.472 bits per heavy atom. The quantitative estimate of drug-likeness (QED) is 0.559. The van der Waals surface area contributed by atoms with E-state index in [1.165, 1.54) is 94.6 Å². The van der Waals surface area contributed by atoms with E-state index in [1.807, 2.05) is 0 Å². The highest BCUT2D eigenvalue weighted by atomic mass is 15.6. The molecule has 0 bridgehead atoms. The van der Waals surface area contributed by atoms with E-state index in [0.717, 1.165) is 0 Å². The molecule has 4 heterocycles. The zero-order valence-corrected chi connectivity index (χ0v) is 22.4. The van der Waals surface area contributed by atoms with Crippen LogP contribution in [0, 0.1) is 0 Å². The van der Waals surface area contributed by atoms with E-state index in [2.05, 4.69) is 51.4 Å². The highest BCUT2D eigenvalue weighted by Gasteiger charge is 2.49. The first-order valence-electron chi connectivity index (χ1n) is 14.8. The van der Waals surface area contributed by atoms with E-state index in [1.54, 1.807) is 0 Å². The van der Waals surface area contributed by atoms with Gasteiger partial charge in [-0.1, -0.05) is 38.5 Å². The molecule has 0 aromatic rings. The lowest BCUT2D eigenvalue weighted by molar-refractivity contribution is -0.0197. The molecule has 3 N–H and O–H groups in total. The zero-order valence-electron chi connectivity index (χ0n) is 22.4. The fourth-order valence-corrected chi connectivity index (χ4v) is 8.55. The molecule has 6 unspecified atom stereocenters. The summed E-state index contributed by atoms with van der Waals surface area (Å²) in [5.74, 6) is 3.54. The van der Waals surface area contributed by atoms with Gasteiger partial charge in [-0.3, -0.25) is 30.9 Å². The standard InChI is InChI=1S/C27H45N9/c1-16-28-19-10-4-7-13-22(19)34(16)25-31-26(35-17(2)29-20-11-5-8-14-23(20)35)33-27(32-25)36-18(3)30-21-12-6-9-15-24(21)36/h19-27,31-33H,4-15H2,1-3H3. The Morgan fingerprint density at radius 2 is 0.750 bits per heavy atom. The van der Waals surface area contributed by atoms with E-state index in [9.17, 15) is 0 Å². The molecule has 9 heteroatoms. The van der Waals surface area contributed by atoms with Crippen LogP contribution in [0.25, 0.3) is 0 Å². The van der Waals surface area contributed by atoms with Crippen LogP contribution in [0.5, 0.6) is 0 Å². The summed E-state index contributed by atoms with van der Waals surface area (Å²) in [7, 11) is 0. The van der Waals surface area contributed by atoms with E-state index in [4.69, 9.17) is 15.0 Å². The lowest BCUT2D eigenvalue weighted by Crippen LogP contribution is -2.80. The maximum absolute atomic E-state index is 5.14. The van der Waals surface area contributed by atoms with Crippen molar-refractivity contribution in [1.29, 1.82) is 0 Å². The van der Waals surface area contributed by atoms with Crippen molar-refractivity contribution in [3.63, 3.8) is 0 Å². The number of hydrogen-bond acceptors (Lipinski definition) is 9. The summed E-state index contributed by atoms with van der Waals surface area (Å²) in [6.45, 7) is 6.65. The second-order valence-electron chi connectivity index (χ2n) is 12.2. The molecule has 6 atom stereocenters. The predicted octanol–water partition coefficient (Wildman–Crippen LogP) is 2.76. The summed E-state index contributed by atoms with van der Waals surface area (Å²) in [6, 6.07) is 2.83. The van der Waals surface area contributed by atoms with Gasteiger partial charge in [0.2, 0.25) is 0 Å². The molecule has 7 aliphatic rings. The van der Waals surface area contributed by atoms with Crippen LogP contribution in [0.4, 0.5) is 0 Å². The molecule has 36 heavy (non-hydrogen) atoms. The third kappa shape index (κ3) is 3.79. The summed E-state index contributed by atoms with van der Waals surface area (Å²) in [5.41, 5.74) is 0. The van der Waals surface area contributed by atoms with Crippen LogP contribution in [0.3, 0.4) is 0 Å². The summed E-state index contributed by atoms with van der Waals surface area (Å²) < 4.78 is 0. The first kappa shape index (κ1) is 23.4. The molecule has 4 aliphatic heterocycles. The van der Waals surface area contributed by atoms with Gasteiger partial charge in [0.25, 0.3) is 0 Å². The Labute approximate surface area is 216 Å². The number of rotatable bonds is 3. The molecule has 4 fully saturated rings. The normalized spacial score (nSPS) is 44.6. The van der Waals surface area contributed by atoms with Crippen molar-refractivity contribution < 1.29 is 0 Å². The van der Waals surface area contributed by atoms with Gasteiger partial charge in [-0.15, -0.1) is 0 Å². The SMILES string of the molecule is CC1=NC2CCCCC2N1C1NC(N2C(C)=NC3CCCCC32)NC(N2C(C)=NC3CCCCC32)N1. The smallest absolute Gasteiger partial charge is 0.141 e. The second kappa shape index (κ2) is 9.24. The van der Waals surface area contributed by atoms with Gasteiger partial charge in [0.1, 0.15) is 18.9 Å². The minimum atomic E-state index is 0.0315. The molecule has 0 spiro atoms. The molecule has 9 nitrogen and oxygen atoms in total. The Hall–Kier alpha value is -1.71. The minimum Gasteiger partial charge on any atom is -0.327 e. The van der Waals surface area contributed by atoms with Crippen molar-refractivity contribution in [2.45, 2.75) is 153 Å². The summed E-state index contributed by atoms with van der Waals surface area (Å²) >= 11 is 0. The van der Waals surface area contributed by atoms with Gasteiger partial charge >= 0.3 is 0 Å². The monoisotopic (exact) mass is 495 g/mol. The number of amidine groups is 3. The third-order valence-electron chi connectivity index (χ3n) is 10.1. The molecule has 7 rings (SSSR count). The zero-order chi connectivity index (χ0) is 24.4. The molecule has 0 amide bonds. The lowest BCUT2D eigenvalue weighted by Gasteiger charge is -2.52. The number of hydrogen-bond donors (Lipinski definition) is 3. The Kier molecular flexibility index (Phi) is 6.01. The fourth-order valence-electron chi connectivity index (χ4n) is 8.55. The largest absolute Gasteiger partial charge is 0.327 e. The Morgan fingerprint density at radius 3 is 1.06 bits per heavy atom. The van der Waals surface area contributed by atoms with Crippen LogP contribution < -0.4 is 16.0 Å². The molecule has 0 aromatic heterocycles. The molecular weight excluding hydrogens is 450 g/mol. The second-order valence-corrected chi connectivity index (χ2v) is 12.2. The van der Waals surface area contributed by atoms with Crippen molar-refractivity contribution in [2.24, 2.45) is 15.0 Å². The number of nitrogens with zero attached hydrogens (tertiary/aromatic N) is 6. The number of nitrogens with one attached hydrogen (secondary N) is 3. The van der Waals surface area contributed by atoms with Crippen molar-refractivity contribution in [3.8, 4) is 0 Å². The van der Waals surface area contributed by atoms with Gasteiger partial charge in [0.15, 0.2) is 0 Å². The van der Waals surface area contributed by atoms with Crippen LogP contribution in [-0.2, 0) is 0 Å². The average Bonchev–Trinajstić information content (AvgIpc) is 3.51. The number of aliphatic imine (C=N–C) groups is 3. The highest BCUT2D eigenvalue weighted by Crippen LogP contribution is 2.36. The van der Waals surface area contributed by atoms with Crippen LogP contribution in [0.1, 0.15) is 97.8 Å². The van der Waals surface area contributed by atoms with Gasteiger partial charge < -0.3 is 14.7 Å². The Balaban J connectivity index is 1.20. The van der Waals surface area contributed by atoms with Crippen LogP contribution in [0.15, 0.2) is 15.0 Å². The van der Waals surface area contributed by atoms with E-state index < -0.39 is 0 Å². The average molecular weight is 496 g/mol. The first-order chi connectivity index (χ1) is 17.6. The molecule has 3 aliphatic carbocycles. The molecule has 0 aromatic carbocycles. The van der Waals surface area contributed by atoms with Crippen molar-refractivity contribution in [2.75, 3.05) is 0 Å². The fraction of sp³-hybridized carbons (Fsp3) is 0.889. The summed E-state index contributed by atoms with van der Waals surface area (Å²) in [5, 5.41) is 12.0. The molecule has 198 valence electrons. The van der Waals surface area contributed by atoms with Gasteiger partial charge in [-0.25, -0.2) is 0 Å². The molecule has 3 saturated carbocycles. The predicted molar refractivity (Wildman–Crippen MR) is 144 cm³/mol. The molecule has 1 saturated heterocycles. The lowest BCUT2D eigenvalue weighted by atomic mass is 9.90. The first-order valence-corrected chi connectivity index (χ1v) is 14.8. The Bertz CT molecular complexity index is 821. The summed E-state index contributed by atoms with van der Waals surface area (Å²) in [6.07, 6.45) is 15.3. The maximum atomic E-state index is 5.14. The molecular formula is C27H45N9. The maximum Gasteiger partial charge on any atom is 0.141 e. The van der Waals surface area contributed by atoms with Gasteiger partial charge in [0.05, 0.1) is 53.8 Å². The van der Waals surface area contributed by atoms with Crippen molar-refractivity contribution in [1.82, 2.24) is 30.7 Å². The topological polar surface area (TPSA) is 82.9 Å². The minimum absolute atomic E-state index is 0.0315. The number of fused-ring (bicyclic) bond motifs is 3. The van der Waals surface area contributed by atoms with E-state index >= 15 is 0 Å². The van der Waals surface area contributed by atoms with E-state index in [0.29, 0.717) is 36.3 Å². The molecule has 0 radical (unpaired) electrons. The van der Waals surface area contributed by atoms with E-state index in [-0.39, 0.29) is 18.9 Å². The van der Waals surface area contributed by atoms with Gasteiger partial charge in [-0.05, 0) is 59.3 Å². The van der Waals surface area contributed by atoms with Crippen molar-refractivity contribution >= 4 is 17.5 Å².